The minimum atomic E-state index is -4.87. The maximum absolute atomic E-state index is 14.4. The van der Waals surface area contributed by atoms with E-state index in [1.165, 1.54) is 12.1 Å². The molecule has 1 N–H and O–H groups in total. The van der Waals surface area contributed by atoms with Gasteiger partial charge in [0.15, 0.2) is 0 Å². The normalized spacial score (nSPS) is 16.4. The first-order valence-corrected chi connectivity index (χ1v) is 12.3. The molecule has 0 radical (unpaired) electrons. The molecule has 0 spiro atoms. The molecule has 1 amide bonds. The monoisotopic (exact) mass is 544 g/mol. The van der Waals surface area contributed by atoms with Crippen LogP contribution in [0.15, 0.2) is 30.3 Å². The number of nitrogens with one attached hydrogen (secondary N) is 1. The highest BCUT2D eigenvalue weighted by atomic mass is 35.5. The molecule has 2 aromatic rings. The largest absolute Gasteiger partial charge is 0.573 e. The van der Waals surface area contributed by atoms with E-state index in [1.807, 2.05) is 4.90 Å². The number of halogens is 6. The maximum atomic E-state index is 14.4. The summed E-state index contributed by atoms with van der Waals surface area (Å²) in [5, 5.41) is -0.323. The molecule has 14 heteroatoms. The van der Waals surface area contributed by atoms with E-state index in [0.717, 1.165) is 30.9 Å². The van der Waals surface area contributed by atoms with Crippen molar-refractivity contribution in [2.24, 2.45) is 0 Å². The van der Waals surface area contributed by atoms with E-state index in [0.29, 0.717) is 18.7 Å². The number of carbonyl (C=O) groups is 1. The Kier molecular flexibility index (Phi) is 7.73. The quantitative estimate of drug-likeness (QED) is 0.505. The number of nitrogens with zero attached hydrogens (tertiary/aromatic N) is 1. The molecule has 1 atom stereocenters. The van der Waals surface area contributed by atoms with Crippen LogP contribution in [0.3, 0.4) is 0 Å². The molecule has 34 heavy (non-hydrogen) atoms. The van der Waals surface area contributed by atoms with Crippen molar-refractivity contribution in [1.29, 1.82) is 0 Å². The Morgan fingerprint density at radius 1 is 1.18 bits per heavy atom. The van der Waals surface area contributed by atoms with E-state index in [1.54, 1.807) is 4.72 Å². The number of rotatable bonds is 7. The van der Waals surface area contributed by atoms with Crippen molar-refractivity contribution in [3.63, 3.8) is 0 Å². The average Bonchev–Trinajstić information content (AvgIpc) is 3.16. The molecule has 0 bridgehead atoms. The third-order valence-corrected chi connectivity index (χ3v) is 5.97. The van der Waals surface area contributed by atoms with Crippen molar-refractivity contribution < 1.29 is 40.2 Å². The van der Waals surface area contributed by atoms with Crippen molar-refractivity contribution in [3.05, 3.63) is 51.8 Å². The second kappa shape index (κ2) is 10.0. The molecule has 3 rings (SSSR count). The fraction of sp³-hybridized carbons (Fsp3) is 0.350. The number of anilines is 1. The standard InChI is InChI=1S/C20H18Cl2F4N2O5S/c1-34(30,31)27-19(29)13-8-15(22)18(9-16(13)23)32-10-12-3-2-6-28(12)11-4-5-17(14(21)7-11)33-20(24,25)26/h4-5,7-9,12H,2-3,6,10H2,1H3,(H,27,29)/t12-/m1/s1. The van der Waals surface area contributed by atoms with Gasteiger partial charge >= 0.3 is 6.36 Å². The zero-order valence-electron chi connectivity index (χ0n) is 17.5. The summed E-state index contributed by atoms with van der Waals surface area (Å²) in [6.45, 7) is 0.628. The summed E-state index contributed by atoms with van der Waals surface area (Å²) in [4.78, 5) is 13.8. The first-order chi connectivity index (χ1) is 15.7. The van der Waals surface area contributed by atoms with Gasteiger partial charge in [-0.05, 0) is 37.1 Å². The van der Waals surface area contributed by atoms with Crippen LogP contribution in [-0.4, -0.2) is 46.1 Å². The molecule has 1 saturated heterocycles. The van der Waals surface area contributed by atoms with Gasteiger partial charge in [0.1, 0.15) is 23.9 Å². The fourth-order valence-electron chi connectivity index (χ4n) is 3.45. The van der Waals surface area contributed by atoms with E-state index >= 15 is 0 Å². The summed E-state index contributed by atoms with van der Waals surface area (Å²) in [5.74, 6) is -2.79. The van der Waals surface area contributed by atoms with Crippen LogP contribution in [0.4, 0.5) is 23.2 Å². The van der Waals surface area contributed by atoms with Gasteiger partial charge in [0.25, 0.3) is 5.91 Å². The van der Waals surface area contributed by atoms with E-state index in [-0.39, 0.29) is 28.4 Å². The lowest BCUT2D eigenvalue weighted by Gasteiger charge is -2.27. The molecular formula is C20H18Cl2F4N2O5S. The number of amides is 1. The molecule has 0 unspecified atom stereocenters. The molecule has 1 fully saturated rings. The number of sulfonamides is 1. The molecule has 2 aromatic carbocycles. The number of alkyl halides is 3. The minimum absolute atomic E-state index is 0.0481. The fourth-order valence-corrected chi connectivity index (χ4v) is 4.33. The number of benzene rings is 2. The Hall–Kier alpha value is -2.44. The Morgan fingerprint density at radius 2 is 1.85 bits per heavy atom. The summed E-state index contributed by atoms with van der Waals surface area (Å²) in [7, 11) is -3.90. The number of carbonyl (C=O) groups excluding carboxylic acids is 1. The Balaban J connectivity index is 1.71. The van der Waals surface area contributed by atoms with Crippen molar-refractivity contribution in [2.75, 3.05) is 24.3 Å². The van der Waals surface area contributed by atoms with Crippen LogP contribution in [0.1, 0.15) is 23.2 Å². The Morgan fingerprint density at radius 3 is 2.47 bits per heavy atom. The van der Waals surface area contributed by atoms with Crippen LogP contribution in [0.25, 0.3) is 0 Å². The van der Waals surface area contributed by atoms with Crippen LogP contribution in [-0.2, 0) is 10.0 Å². The summed E-state index contributed by atoms with van der Waals surface area (Å²) in [6.07, 6.45) is -2.68. The summed E-state index contributed by atoms with van der Waals surface area (Å²) in [6, 6.07) is 5.51. The first kappa shape index (κ1) is 26.2. The predicted octanol–water partition coefficient (Wildman–Crippen LogP) is 4.77. The third-order valence-electron chi connectivity index (χ3n) is 4.83. The molecule has 1 heterocycles. The van der Waals surface area contributed by atoms with Crippen molar-refractivity contribution in [2.45, 2.75) is 25.2 Å². The van der Waals surface area contributed by atoms with E-state index in [4.69, 9.17) is 27.9 Å². The van der Waals surface area contributed by atoms with E-state index < -0.39 is 39.4 Å². The smallest absolute Gasteiger partial charge is 0.490 e. The van der Waals surface area contributed by atoms with Crippen LogP contribution in [0.2, 0.25) is 10.0 Å². The lowest BCUT2D eigenvalue weighted by atomic mass is 10.2. The van der Waals surface area contributed by atoms with Gasteiger partial charge in [0.05, 0.1) is 27.9 Å². The summed E-state index contributed by atoms with van der Waals surface area (Å²) in [5.41, 5.74) is -0.0169. The minimum Gasteiger partial charge on any atom is -0.490 e. The van der Waals surface area contributed by atoms with Crippen molar-refractivity contribution >= 4 is 44.8 Å². The third kappa shape index (κ3) is 6.80. The highest BCUT2D eigenvalue weighted by molar-refractivity contribution is 7.89. The molecule has 0 saturated carbocycles. The SMILES string of the molecule is CS(=O)(=O)NC(=O)c1cc(Cl)c(OC[C@H]2CCCN2c2ccc(OC(F)(F)F)c(Cl)c2)cc1F. The van der Waals surface area contributed by atoms with Gasteiger partial charge < -0.3 is 14.4 Å². The molecule has 1 aliphatic rings. The van der Waals surface area contributed by atoms with Gasteiger partial charge in [-0.1, -0.05) is 23.2 Å². The molecule has 0 aromatic heterocycles. The van der Waals surface area contributed by atoms with Crippen LogP contribution < -0.4 is 19.1 Å². The predicted molar refractivity (Wildman–Crippen MR) is 118 cm³/mol. The number of ether oxygens (including phenoxy) is 2. The molecule has 1 aliphatic heterocycles. The van der Waals surface area contributed by atoms with Gasteiger partial charge in [0.2, 0.25) is 10.0 Å². The molecule has 0 aliphatic carbocycles. The van der Waals surface area contributed by atoms with Crippen molar-refractivity contribution in [3.8, 4) is 11.5 Å². The topological polar surface area (TPSA) is 84.9 Å². The molecular weight excluding hydrogens is 527 g/mol. The van der Waals surface area contributed by atoms with Crippen molar-refractivity contribution in [1.82, 2.24) is 4.72 Å². The van der Waals surface area contributed by atoms with Gasteiger partial charge in [-0.15, -0.1) is 13.2 Å². The summed E-state index contributed by atoms with van der Waals surface area (Å²) < 4.78 is 85.3. The van der Waals surface area contributed by atoms with Gasteiger partial charge in [0, 0.05) is 18.3 Å². The molecule has 7 nitrogen and oxygen atoms in total. The van der Waals surface area contributed by atoms with E-state index in [9.17, 15) is 30.8 Å². The van der Waals surface area contributed by atoms with Crippen LogP contribution in [0.5, 0.6) is 11.5 Å². The lowest BCUT2D eigenvalue weighted by molar-refractivity contribution is -0.274. The Bertz CT molecular complexity index is 1190. The summed E-state index contributed by atoms with van der Waals surface area (Å²) >= 11 is 12.0. The number of hydrogen-bond acceptors (Lipinski definition) is 6. The van der Waals surface area contributed by atoms with Gasteiger partial charge in [-0.3, -0.25) is 4.79 Å². The lowest BCUT2D eigenvalue weighted by Crippen LogP contribution is -2.34. The maximum Gasteiger partial charge on any atom is 0.573 e. The average molecular weight is 545 g/mol. The zero-order chi connectivity index (χ0) is 25.3. The van der Waals surface area contributed by atoms with E-state index in [2.05, 4.69) is 4.74 Å². The van der Waals surface area contributed by atoms with Gasteiger partial charge in [-0.25, -0.2) is 17.5 Å². The van der Waals surface area contributed by atoms with Crippen LogP contribution >= 0.6 is 23.2 Å². The Labute approximate surface area is 202 Å². The van der Waals surface area contributed by atoms with Crippen LogP contribution in [0, 0.1) is 5.82 Å². The zero-order valence-corrected chi connectivity index (χ0v) is 19.8. The second-order valence-electron chi connectivity index (χ2n) is 7.43. The highest BCUT2D eigenvalue weighted by Gasteiger charge is 2.33. The number of hydrogen-bond donors (Lipinski definition) is 1. The highest BCUT2D eigenvalue weighted by Crippen LogP contribution is 2.36. The second-order valence-corrected chi connectivity index (χ2v) is 9.99. The van der Waals surface area contributed by atoms with Gasteiger partial charge in [-0.2, -0.15) is 0 Å². The first-order valence-electron chi connectivity index (χ1n) is 9.69. The molecule has 186 valence electrons.